The Bertz CT molecular complexity index is 250. The van der Waals surface area contributed by atoms with Gasteiger partial charge in [0.15, 0.2) is 0 Å². The summed E-state index contributed by atoms with van der Waals surface area (Å²) >= 11 is 0. The Morgan fingerprint density at radius 1 is 1.36 bits per heavy atom. The smallest absolute Gasteiger partial charge is 0.149 e. The summed E-state index contributed by atoms with van der Waals surface area (Å²) in [5.41, 5.74) is 5.31. The van der Waals surface area contributed by atoms with Crippen LogP contribution < -0.4 is 11.1 Å². The molecule has 0 aromatic heterocycles. The van der Waals surface area contributed by atoms with E-state index in [9.17, 15) is 8.78 Å². The Morgan fingerprint density at radius 3 is 2.64 bits per heavy atom. The van der Waals surface area contributed by atoms with Gasteiger partial charge in [0.05, 0.1) is 12.4 Å². The number of hydrogen-bond acceptors (Lipinski definition) is 2. The van der Waals surface area contributed by atoms with E-state index in [1.54, 1.807) is 0 Å². The van der Waals surface area contributed by atoms with Crippen molar-refractivity contribution in [1.82, 2.24) is 0 Å². The van der Waals surface area contributed by atoms with Gasteiger partial charge in [-0.2, -0.15) is 0 Å². The van der Waals surface area contributed by atoms with Crippen molar-refractivity contribution in [2.75, 3.05) is 12.0 Å². The predicted octanol–water partition coefficient (Wildman–Crippen LogP) is 1.29. The van der Waals surface area contributed by atoms with Gasteiger partial charge < -0.3 is 11.1 Å². The predicted molar refractivity (Wildman–Crippen MR) is 39.0 cm³/mol. The number of nitrogens with one attached hydrogen (secondary N) is 1. The first-order chi connectivity index (χ1) is 5.24. The monoisotopic (exact) mass is 158 g/mol. The van der Waals surface area contributed by atoms with E-state index in [1.807, 2.05) is 0 Å². The Labute approximate surface area is 63.0 Å². The van der Waals surface area contributed by atoms with Gasteiger partial charge in [0, 0.05) is 6.07 Å². The zero-order valence-corrected chi connectivity index (χ0v) is 5.77. The maximum Gasteiger partial charge on any atom is 0.149 e. The van der Waals surface area contributed by atoms with Crippen LogP contribution >= 0.6 is 0 Å². The van der Waals surface area contributed by atoms with Gasteiger partial charge in [-0.3, -0.25) is 0 Å². The summed E-state index contributed by atoms with van der Waals surface area (Å²) in [5, 5.41) is 2.54. The van der Waals surface area contributed by atoms with Gasteiger partial charge in [-0.1, -0.05) is 0 Å². The maximum atomic E-state index is 12.7. The summed E-state index contributed by atoms with van der Waals surface area (Å²) < 4.78 is 25.0. The van der Waals surface area contributed by atoms with E-state index in [4.69, 9.17) is 5.73 Å². The molecule has 0 aliphatic heterocycles. The highest BCUT2D eigenvalue weighted by Crippen LogP contribution is 2.13. The minimum absolute atomic E-state index is 0.128. The molecule has 0 spiro atoms. The third-order valence-electron chi connectivity index (χ3n) is 1.22. The van der Waals surface area contributed by atoms with Crippen molar-refractivity contribution in [2.45, 2.75) is 0 Å². The van der Waals surface area contributed by atoms with Crippen molar-refractivity contribution in [2.24, 2.45) is 5.73 Å². The SMILES string of the molecule is NCNc1ccc(F)cc1F. The van der Waals surface area contributed by atoms with E-state index in [-0.39, 0.29) is 12.4 Å². The molecule has 11 heavy (non-hydrogen) atoms. The molecule has 0 heterocycles. The van der Waals surface area contributed by atoms with Crippen molar-refractivity contribution < 1.29 is 8.78 Å². The number of nitrogens with two attached hydrogens (primary N) is 1. The molecular formula is C7H8F2N2. The minimum atomic E-state index is -0.629. The fourth-order valence-electron chi connectivity index (χ4n) is 0.743. The number of rotatable bonds is 2. The molecular weight excluding hydrogens is 150 g/mol. The van der Waals surface area contributed by atoms with Gasteiger partial charge in [0.2, 0.25) is 0 Å². The van der Waals surface area contributed by atoms with Crippen molar-refractivity contribution in [3.8, 4) is 0 Å². The standard InChI is InChI=1S/C7H8F2N2/c8-5-1-2-7(11-4-10)6(9)3-5/h1-3,11H,4,10H2. The first-order valence-electron chi connectivity index (χ1n) is 3.13. The molecule has 0 saturated heterocycles. The van der Waals surface area contributed by atoms with Crippen LogP contribution in [0.2, 0.25) is 0 Å². The first kappa shape index (κ1) is 7.94. The van der Waals surface area contributed by atoms with E-state index in [2.05, 4.69) is 5.32 Å². The number of anilines is 1. The number of halogens is 2. The second kappa shape index (κ2) is 3.30. The van der Waals surface area contributed by atoms with Gasteiger partial charge >= 0.3 is 0 Å². The Morgan fingerprint density at radius 2 is 2.09 bits per heavy atom. The summed E-state index contributed by atoms with van der Waals surface area (Å²) in [6.45, 7) is 0.128. The van der Waals surface area contributed by atoms with Crippen LogP contribution in [0.25, 0.3) is 0 Å². The molecule has 0 radical (unpaired) electrons. The van der Waals surface area contributed by atoms with E-state index in [1.165, 1.54) is 12.1 Å². The average molecular weight is 158 g/mol. The van der Waals surface area contributed by atoms with E-state index >= 15 is 0 Å². The average Bonchev–Trinajstić information content (AvgIpc) is 1.95. The van der Waals surface area contributed by atoms with Crippen LogP contribution in [0, 0.1) is 11.6 Å². The zero-order valence-electron chi connectivity index (χ0n) is 5.77. The summed E-state index contributed by atoms with van der Waals surface area (Å²) in [7, 11) is 0. The number of hydrogen-bond donors (Lipinski definition) is 2. The summed E-state index contributed by atoms with van der Waals surface area (Å²) in [4.78, 5) is 0. The highest BCUT2D eigenvalue weighted by atomic mass is 19.1. The molecule has 0 aliphatic rings. The summed E-state index contributed by atoms with van der Waals surface area (Å²) in [6.07, 6.45) is 0. The molecule has 2 nitrogen and oxygen atoms in total. The first-order valence-corrected chi connectivity index (χ1v) is 3.13. The number of benzene rings is 1. The van der Waals surface area contributed by atoms with Crippen LogP contribution in [-0.2, 0) is 0 Å². The van der Waals surface area contributed by atoms with Gasteiger partial charge in [0.1, 0.15) is 11.6 Å². The van der Waals surface area contributed by atoms with Gasteiger partial charge in [0.25, 0.3) is 0 Å². The van der Waals surface area contributed by atoms with Crippen LogP contribution in [-0.4, -0.2) is 6.67 Å². The lowest BCUT2D eigenvalue weighted by Crippen LogP contribution is -2.11. The fourth-order valence-corrected chi connectivity index (χ4v) is 0.743. The van der Waals surface area contributed by atoms with Gasteiger partial charge in [-0.25, -0.2) is 8.78 Å². The zero-order chi connectivity index (χ0) is 8.27. The van der Waals surface area contributed by atoms with Crippen molar-refractivity contribution >= 4 is 5.69 Å². The van der Waals surface area contributed by atoms with Crippen molar-refractivity contribution in [1.29, 1.82) is 0 Å². The molecule has 0 fully saturated rings. The molecule has 0 atom stereocenters. The highest BCUT2D eigenvalue weighted by Gasteiger charge is 2.00. The molecule has 4 heteroatoms. The van der Waals surface area contributed by atoms with E-state index in [0.717, 1.165) is 6.07 Å². The summed E-state index contributed by atoms with van der Waals surface area (Å²) in [6, 6.07) is 3.27. The molecule has 1 aromatic rings. The Kier molecular flexibility index (Phi) is 2.38. The van der Waals surface area contributed by atoms with Crippen LogP contribution in [0.4, 0.5) is 14.5 Å². The highest BCUT2D eigenvalue weighted by molar-refractivity contribution is 5.44. The fraction of sp³-hybridized carbons (Fsp3) is 0.143. The molecule has 60 valence electrons. The lowest BCUT2D eigenvalue weighted by molar-refractivity contribution is 0.585. The van der Waals surface area contributed by atoms with Crippen LogP contribution in [0.15, 0.2) is 18.2 Å². The quantitative estimate of drug-likeness (QED) is 0.636. The Hall–Kier alpha value is -1.16. The Balaban J connectivity index is 2.90. The summed E-state index contributed by atoms with van der Waals surface area (Å²) in [5.74, 6) is -1.22. The second-order valence-corrected chi connectivity index (χ2v) is 2.01. The van der Waals surface area contributed by atoms with Crippen molar-refractivity contribution in [3.63, 3.8) is 0 Å². The maximum absolute atomic E-state index is 12.7. The third-order valence-corrected chi connectivity index (χ3v) is 1.22. The molecule has 1 aromatic carbocycles. The molecule has 0 aliphatic carbocycles. The van der Waals surface area contributed by atoms with Gasteiger partial charge in [-0.15, -0.1) is 0 Å². The largest absolute Gasteiger partial charge is 0.370 e. The molecule has 3 N–H and O–H groups in total. The molecule has 0 unspecified atom stereocenters. The normalized spacial score (nSPS) is 9.73. The van der Waals surface area contributed by atoms with E-state index in [0.29, 0.717) is 0 Å². The molecule has 0 amide bonds. The van der Waals surface area contributed by atoms with E-state index < -0.39 is 11.6 Å². The molecule has 1 rings (SSSR count). The van der Waals surface area contributed by atoms with Crippen LogP contribution in [0.3, 0.4) is 0 Å². The third kappa shape index (κ3) is 1.88. The topological polar surface area (TPSA) is 38.0 Å². The molecule has 0 saturated carbocycles. The second-order valence-electron chi connectivity index (χ2n) is 2.01. The van der Waals surface area contributed by atoms with Gasteiger partial charge in [-0.05, 0) is 12.1 Å². The minimum Gasteiger partial charge on any atom is -0.370 e. The van der Waals surface area contributed by atoms with Crippen LogP contribution in [0.5, 0.6) is 0 Å². The lowest BCUT2D eigenvalue weighted by atomic mass is 10.3. The van der Waals surface area contributed by atoms with Crippen molar-refractivity contribution in [3.05, 3.63) is 29.8 Å². The van der Waals surface area contributed by atoms with Crippen LogP contribution in [0.1, 0.15) is 0 Å². The molecule has 0 bridgehead atoms. The lowest BCUT2D eigenvalue weighted by Gasteiger charge is -2.02.